The van der Waals surface area contributed by atoms with Crippen LogP contribution in [0.2, 0.25) is 0 Å². The summed E-state index contributed by atoms with van der Waals surface area (Å²) >= 11 is 1.84. The summed E-state index contributed by atoms with van der Waals surface area (Å²) in [7, 11) is 0. The molecule has 3 rings (SSSR count). The average Bonchev–Trinajstić information content (AvgIpc) is 3.09. The molecule has 1 spiro atoms. The van der Waals surface area contributed by atoms with Gasteiger partial charge in [0.15, 0.2) is 0 Å². The average molecular weight is 404 g/mol. The number of piperidine rings is 1. The zero-order valence-corrected chi connectivity index (χ0v) is 17.0. The van der Waals surface area contributed by atoms with E-state index in [2.05, 4.69) is 0 Å². The number of nitrogens with zero attached hydrogens (tertiary/aromatic N) is 3. The van der Waals surface area contributed by atoms with Gasteiger partial charge in [-0.15, -0.1) is 11.8 Å². The van der Waals surface area contributed by atoms with Crippen LogP contribution in [0.1, 0.15) is 32.3 Å². The van der Waals surface area contributed by atoms with Gasteiger partial charge in [-0.2, -0.15) is 0 Å². The molecule has 2 saturated heterocycles. The number of thioether (sulfide) groups is 1. The Labute approximate surface area is 168 Å². The SMILES string of the molecule is CC(C)C(=O)N1CCSC12CCN(C(=O)C=Cc1ccc([N+](=O)[O-])cc1)CC2. The maximum atomic E-state index is 12.5. The molecule has 0 aromatic heterocycles. The van der Waals surface area contributed by atoms with Gasteiger partial charge >= 0.3 is 0 Å². The number of nitro groups is 1. The number of non-ortho nitro benzene ring substituents is 1. The molecule has 2 aliphatic rings. The Morgan fingerprint density at radius 2 is 1.82 bits per heavy atom. The Morgan fingerprint density at radius 3 is 2.39 bits per heavy atom. The Balaban J connectivity index is 1.59. The van der Waals surface area contributed by atoms with E-state index in [-0.39, 0.29) is 28.3 Å². The van der Waals surface area contributed by atoms with Crippen molar-refractivity contribution in [2.75, 3.05) is 25.4 Å². The molecule has 8 heteroatoms. The lowest BCUT2D eigenvalue weighted by Gasteiger charge is -2.44. The van der Waals surface area contributed by atoms with Crippen LogP contribution in [0.25, 0.3) is 6.08 Å². The van der Waals surface area contributed by atoms with Crippen molar-refractivity contribution in [2.24, 2.45) is 5.92 Å². The monoisotopic (exact) mass is 403 g/mol. The van der Waals surface area contributed by atoms with Crippen molar-refractivity contribution in [1.82, 2.24) is 9.80 Å². The quantitative estimate of drug-likeness (QED) is 0.438. The first kappa shape index (κ1) is 20.4. The molecule has 0 bridgehead atoms. The number of carbonyl (C=O) groups excluding carboxylic acids is 2. The smallest absolute Gasteiger partial charge is 0.269 e. The predicted molar refractivity (Wildman–Crippen MR) is 110 cm³/mol. The fourth-order valence-corrected chi connectivity index (χ4v) is 5.16. The van der Waals surface area contributed by atoms with E-state index in [4.69, 9.17) is 0 Å². The maximum absolute atomic E-state index is 12.5. The molecule has 0 radical (unpaired) electrons. The first-order valence-electron chi connectivity index (χ1n) is 9.49. The number of amides is 2. The third kappa shape index (κ3) is 4.22. The highest BCUT2D eigenvalue weighted by atomic mass is 32.2. The number of likely N-dealkylation sites (tertiary alicyclic amines) is 1. The van der Waals surface area contributed by atoms with Gasteiger partial charge in [0, 0.05) is 49.5 Å². The lowest BCUT2D eigenvalue weighted by atomic mass is 10.00. The van der Waals surface area contributed by atoms with E-state index in [1.54, 1.807) is 18.2 Å². The number of hydrogen-bond acceptors (Lipinski definition) is 5. The topological polar surface area (TPSA) is 83.8 Å². The van der Waals surface area contributed by atoms with Crippen molar-refractivity contribution in [2.45, 2.75) is 31.6 Å². The summed E-state index contributed by atoms with van der Waals surface area (Å²) in [5.74, 6) is 1.06. The first-order chi connectivity index (χ1) is 13.3. The first-order valence-corrected chi connectivity index (χ1v) is 10.5. The number of hydrogen-bond donors (Lipinski definition) is 0. The molecule has 1 aromatic carbocycles. The minimum Gasteiger partial charge on any atom is -0.339 e. The van der Waals surface area contributed by atoms with Gasteiger partial charge in [-0.05, 0) is 36.6 Å². The van der Waals surface area contributed by atoms with E-state index in [0.29, 0.717) is 13.1 Å². The Morgan fingerprint density at radius 1 is 1.18 bits per heavy atom. The molecular weight excluding hydrogens is 378 g/mol. The Bertz CT molecular complexity index is 783. The highest BCUT2D eigenvalue weighted by molar-refractivity contribution is 8.00. The maximum Gasteiger partial charge on any atom is 0.269 e. The number of rotatable bonds is 4. The molecule has 1 aromatic rings. The van der Waals surface area contributed by atoms with Crippen LogP contribution in [0.15, 0.2) is 30.3 Å². The summed E-state index contributed by atoms with van der Waals surface area (Å²) in [6.07, 6.45) is 4.76. The third-order valence-electron chi connectivity index (χ3n) is 5.32. The zero-order valence-electron chi connectivity index (χ0n) is 16.2. The van der Waals surface area contributed by atoms with E-state index in [9.17, 15) is 19.7 Å². The van der Waals surface area contributed by atoms with Gasteiger partial charge in [-0.3, -0.25) is 19.7 Å². The molecule has 2 fully saturated rings. The van der Waals surface area contributed by atoms with Crippen LogP contribution in [-0.2, 0) is 9.59 Å². The van der Waals surface area contributed by atoms with Gasteiger partial charge in [0.25, 0.3) is 5.69 Å². The molecule has 0 atom stereocenters. The Kier molecular flexibility index (Phi) is 6.07. The van der Waals surface area contributed by atoms with Crippen LogP contribution >= 0.6 is 11.8 Å². The van der Waals surface area contributed by atoms with Crippen LogP contribution in [0.4, 0.5) is 5.69 Å². The largest absolute Gasteiger partial charge is 0.339 e. The molecule has 150 valence electrons. The van der Waals surface area contributed by atoms with Gasteiger partial charge < -0.3 is 9.80 Å². The van der Waals surface area contributed by atoms with Gasteiger partial charge in [0.05, 0.1) is 9.79 Å². The second-order valence-corrected chi connectivity index (χ2v) is 8.90. The van der Waals surface area contributed by atoms with Crippen LogP contribution in [-0.4, -0.2) is 56.8 Å². The van der Waals surface area contributed by atoms with Gasteiger partial charge in [-0.25, -0.2) is 0 Å². The number of nitro benzene ring substituents is 1. The standard InChI is InChI=1S/C20H25N3O4S/c1-15(2)19(25)22-13-14-28-20(22)9-11-21(12-10-20)18(24)8-5-16-3-6-17(7-4-16)23(26)27/h3-8,15H,9-14H2,1-2H3. The summed E-state index contributed by atoms with van der Waals surface area (Å²) in [6, 6.07) is 6.09. The third-order valence-corrected chi connectivity index (χ3v) is 6.87. The van der Waals surface area contributed by atoms with Crippen LogP contribution in [0, 0.1) is 16.0 Å². The lowest BCUT2D eigenvalue weighted by Crippen LogP contribution is -2.54. The van der Waals surface area contributed by atoms with Crippen LogP contribution in [0.5, 0.6) is 0 Å². The molecule has 2 heterocycles. The summed E-state index contributed by atoms with van der Waals surface area (Å²) in [6.45, 7) is 5.90. The highest BCUT2D eigenvalue weighted by Gasteiger charge is 2.46. The molecule has 0 unspecified atom stereocenters. The lowest BCUT2D eigenvalue weighted by molar-refractivity contribution is -0.384. The van der Waals surface area contributed by atoms with Gasteiger partial charge in [0.1, 0.15) is 0 Å². The van der Waals surface area contributed by atoms with Crippen molar-refractivity contribution in [3.05, 3.63) is 46.0 Å². The minimum absolute atomic E-state index is 0.0140. The van der Waals surface area contributed by atoms with E-state index in [0.717, 1.165) is 30.7 Å². The van der Waals surface area contributed by atoms with Crippen molar-refractivity contribution < 1.29 is 14.5 Å². The minimum atomic E-state index is -0.448. The van der Waals surface area contributed by atoms with E-state index in [1.165, 1.54) is 18.2 Å². The second-order valence-electron chi connectivity index (χ2n) is 7.45. The summed E-state index contributed by atoms with van der Waals surface area (Å²) in [4.78, 5) is 39.0. The molecule has 7 nitrogen and oxygen atoms in total. The van der Waals surface area contributed by atoms with Crippen molar-refractivity contribution in [3.63, 3.8) is 0 Å². The summed E-state index contributed by atoms with van der Waals surface area (Å²) in [5.41, 5.74) is 0.770. The predicted octanol–water partition coefficient (Wildman–Crippen LogP) is 3.16. The van der Waals surface area contributed by atoms with Crippen molar-refractivity contribution in [1.29, 1.82) is 0 Å². The van der Waals surface area contributed by atoms with E-state index < -0.39 is 4.92 Å². The Hall–Kier alpha value is -2.35. The molecule has 0 saturated carbocycles. The fraction of sp³-hybridized carbons (Fsp3) is 0.500. The highest BCUT2D eigenvalue weighted by Crippen LogP contribution is 2.44. The van der Waals surface area contributed by atoms with Crippen molar-refractivity contribution >= 4 is 35.3 Å². The normalized spacial score (nSPS) is 19.0. The molecular formula is C20H25N3O4S. The molecule has 0 aliphatic carbocycles. The fourth-order valence-electron chi connectivity index (χ4n) is 3.70. The van der Waals surface area contributed by atoms with E-state index in [1.807, 2.05) is 35.4 Å². The number of benzene rings is 1. The summed E-state index contributed by atoms with van der Waals surface area (Å²) in [5, 5.41) is 10.7. The van der Waals surface area contributed by atoms with Crippen molar-refractivity contribution in [3.8, 4) is 0 Å². The van der Waals surface area contributed by atoms with Crippen LogP contribution < -0.4 is 0 Å². The molecule has 2 aliphatic heterocycles. The van der Waals surface area contributed by atoms with E-state index >= 15 is 0 Å². The number of carbonyl (C=O) groups is 2. The molecule has 28 heavy (non-hydrogen) atoms. The van der Waals surface area contributed by atoms with Crippen LogP contribution in [0.3, 0.4) is 0 Å². The van der Waals surface area contributed by atoms with Gasteiger partial charge in [0.2, 0.25) is 11.8 Å². The second kappa shape index (κ2) is 8.34. The summed E-state index contributed by atoms with van der Waals surface area (Å²) < 4.78 is 0. The molecule has 0 N–H and O–H groups in total. The zero-order chi connectivity index (χ0) is 20.3. The molecule has 2 amide bonds. The van der Waals surface area contributed by atoms with Gasteiger partial charge in [-0.1, -0.05) is 13.8 Å².